The van der Waals surface area contributed by atoms with Gasteiger partial charge < -0.3 is 14.6 Å². The van der Waals surface area contributed by atoms with Crippen LogP contribution in [0.3, 0.4) is 0 Å². The van der Waals surface area contributed by atoms with Gasteiger partial charge in [0.1, 0.15) is 23.7 Å². The summed E-state index contributed by atoms with van der Waals surface area (Å²) in [5, 5.41) is 12.3. The number of ether oxygens (including phenoxy) is 2. The lowest BCUT2D eigenvalue weighted by molar-refractivity contribution is 0.0935. The van der Waals surface area contributed by atoms with Crippen LogP contribution in [0, 0.1) is 0 Å². The molecule has 0 bridgehead atoms. The Morgan fingerprint density at radius 3 is 2.35 bits per heavy atom. The second-order valence-corrected chi connectivity index (χ2v) is 8.57. The second-order valence-electron chi connectivity index (χ2n) is 7.52. The largest absolute Gasteiger partial charge is 0.489 e. The third-order valence-corrected chi connectivity index (χ3v) is 6.60. The molecular weight excluding hydrogens is 404 g/mol. The van der Waals surface area contributed by atoms with Crippen molar-refractivity contribution in [2.75, 3.05) is 0 Å². The molecule has 1 aliphatic rings. The number of thiophene rings is 1. The van der Waals surface area contributed by atoms with Crippen molar-refractivity contribution in [1.29, 1.82) is 0 Å². The van der Waals surface area contributed by atoms with Gasteiger partial charge in [-0.1, -0.05) is 60.7 Å². The first-order valence-corrected chi connectivity index (χ1v) is 11.1. The molecule has 0 aliphatic heterocycles. The molecular formula is C27H22O3S. The summed E-state index contributed by atoms with van der Waals surface area (Å²) in [4.78, 5) is 0.818. The summed E-state index contributed by atoms with van der Waals surface area (Å²) in [7, 11) is 0. The summed E-state index contributed by atoms with van der Waals surface area (Å²) >= 11 is 1.57. The van der Waals surface area contributed by atoms with Gasteiger partial charge in [-0.05, 0) is 48.0 Å². The van der Waals surface area contributed by atoms with Gasteiger partial charge in [-0.3, -0.25) is 0 Å². The van der Waals surface area contributed by atoms with Crippen molar-refractivity contribution in [2.24, 2.45) is 0 Å². The molecule has 5 rings (SSSR count). The molecule has 4 aromatic rings. The maximum absolute atomic E-state index is 11.3. The van der Waals surface area contributed by atoms with E-state index in [9.17, 15) is 5.11 Å². The van der Waals surface area contributed by atoms with E-state index in [2.05, 4.69) is 6.07 Å². The van der Waals surface area contributed by atoms with Crippen LogP contribution in [0.5, 0.6) is 17.2 Å². The topological polar surface area (TPSA) is 38.7 Å². The van der Waals surface area contributed by atoms with Crippen LogP contribution in [0.1, 0.15) is 16.9 Å². The predicted molar refractivity (Wildman–Crippen MR) is 126 cm³/mol. The first-order valence-electron chi connectivity index (χ1n) is 10.2. The van der Waals surface area contributed by atoms with Crippen molar-refractivity contribution in [3.63, 3.8) is 0 Å². The van der Waals surface area contributed by atoms with Gasteiger partial charge in [-0.15, -0.1) is 11.3 Å². The number of fused-ring (bicyclic) bond motifs is 1. The molecule has 1 aliphatic carbocycles. The van der Waals surface area contributed by atoms with Gasteiger partial charge in [0.05, 0.1) is 4.88 Å². The number of hydrogen-bond donors (Lipinski definition) is 1. The lowest BCUT2D eigenvalue weighted by atomic mass is 9.93. The smallest absolute Gasteiger partial charge is 0.152 e. The van der Waals surface area contributed by atoms with Gasteiger partial charge >= 0.3 is 0 Å². The lowest BCUT2D eigenvalue weighted by Crippen LogP contribution is -2.22. The lowest BCUT2D eigenvalue weighted by Gasteiger charge is -2.25. The summed E-state index contributed by atoms with van der Waals surface area (Å²) in [5.74, 6) is 2.20. The van der Waals surface area contributed by atoms with E-state index in [4.69, 9.17) is 9.47 Å². The fourth-order valence-corrected chi connectivity index (χ4v) is 4.86. The van der Waals surface area contributed by atoms with Crippen LogP contribution < -0.4 is 9.47 Å². The van der Waals surface area contributed by atoms with E-state index < -0.39 is 5.60 Å². The standard InChI is InChI=1S/C27H22O3S/c28-27(17-7-2-8-18-27)26-25(23-11-5-6-12-24(23)31-26)30-22-15-13-21(14-16-22)29-19-20-9-3-1-4-10-20/h1-17,28H,18-19H2. The molecule has 0 saturated carbocycles. The van der Waals surface area contributed by atoms with Gasteiger partial charge in [-0.25, -0.2) is 0 Å². The highest BCUT2D eigenvalue weighted by atomic mass is 32.1. The summed E-state index contributed by atoms with van der Waals surface area (Å²) in [6.07, 6.45) is 8.18. The van der Waals surface area contributed by atoms with Crippen LogP contribution in [-0.4, -0.2) is 5.11 Å². The molecule has 4 heteroatoms. The van der Waals surface area contributed by atoms with Crippen molar-refractivity contribution >= 4 is 21.4 Å². The molecule has 154 valence electrons. The van der Waals surface area contributed by atoms with Crippen molar-refractivity contribution < 1.29 is 14.6 Å². The zero-order valence-corrected chi connectivity index (χ0v) is 17.7. The highest BCUT2D eigenvalue weighted by Crippen LogP contribution is 2.47. The Morgan fingerprint density at radius 2 is 1.58 bits per heavy atom. The van der Waals surface area contributed by atoms with Crippen LogP contribution in [-0.2, 0) is 12.2 Å². The van der Waals surface area contributed by atoms with Crippen LogP contribution in [0.2, 0.25) is 0 Å². The number of aliphatic hydroxyl groups is 1. The molecule has 1 atom stereocenters. The number of rotatable bonds is 6. The molecule has 31 heavy (non-hydrogen) atoms. The number of allylic oxidation sites excluding steroid dienone is 2. The zero-order chi connectivity index (χ0) is 21.1. The molecule has 1 unspecified atom stereocenters. The van der Waals surface area contributed by atoms with Crippen LogP contribution >= 0.6 is 11.3 Å². The van der Waals surface area contributed by atoms with E-state index in [-0.39, 0.29) is 0 Å². The molecule has 0 fully saturated rings. The molecule has 0 saturated heterocycles. The minimum atomic E-state index is -1.06. The highest BCUT2D eigenvalue weighted by Gasteiger charge is 2.33. The Morgan fingerprint density at radius 1 is 0.839 bits per heavy atom. The molecule has 0 radical (unpaired) electrons. The van der Waals surface area contributed by atoms with Crippen molar-refractivity contribution in [3.05, 3.63) is 114 Å². The predicted octanol–water partition coefficient (Wildman–Crippen LogP) is 6.98. The Labute approximate surface area is 185 Å². The summed E-state index contributed by atoms with van der Waals surface area (Å²) in [6.45, 7) is 0.521. The van der Waals surface area contributed by atoms with E-state index in [0.717, 1.165) is 26.3 Å². The van der Waals surface area contributed by atoms with Crippen LogP contribution in [0.4, 0.5) is 0 Å². The van der Waals surface area contributed by atoms with E-state index in [1.807, 2.05) is 97.1 Å². The first-order chi connectivity index (χ1) is 15.2. The van der Waals surface area contributed by atoms with E-state index in [1.165, 1.54) is 0 Å². The van der Waals surface area contributed by atoms with Gasteiger partial charge in [0.2, 0.25) is 0 Å². The molecule has 3 aromatic carbocycles. The summed E-state index contributed by atoms with van der Waals surface area (Å²) in [6, 6.07) is 25.8. The second kappa shape index (κ2) is 8.42. The fourth-order valence-electron chi connectivity index (χ4n) is 3.65. The van der Waals surface area contributed by atoms with E-state index in [1.54, 1.807) is 11.3 Å². The molecule has 1 heterocycles. The highest BCUT2D eigenvalue weighted by molar-refractivity contribution is 7.19. The normalized spacial score (nSPS) is 17.7. The quantitative estimate of drug-likeness (QED) is 0.362. The number of benzene rings is 3. The zero-order valence-electron chi connectivity index (χ0n) is 16.9. The third-order valence-electron chi connectivity index (χ3n) is 5.28. The SMILES string of the molecule is OC1(c2sc3ccccc3c2Oc2ccc(OCc3ccccc3)cc2)C=CC=CC1. The minimum Gasteiger partial charge on any atom is -0.489 e. The van der Waals surface area contributed by atoms with Crippen molar-refractivity contribution in [2.45, 2.75) is 18.6 Å². The van der Waals surface area contributed by atoms with Gasteiger partial charge in [-0.2, -0.15) is 0 Å². The summed E-state index contributed by atoms with van der Waals surface area (Å²) < 4.78 is 13.3. The first kappa shape index (κ1) is 19.6. The molecule has 3 nitrogen and oxygen atoms in total. The third kappa shape index (κ3) is 4.13. The van der Waals surface area contributed by atoms with Crippen molar-refractivity contribution in [1.82, 2.24) is 0 Å². The van der Waals surface area contributed by atoms with Crippen LogP contribution in [0.15, 0.2) is 103 Å². The molecule has 0 spiro atoms. The monoisotopic (exact) mass is 426 g/mol. The Balaban J connectivity index is 1.40. The van der Waals surface area contributed by atoms with E-state index >= 15 is 0 Å². The molecule has 1 aromatic heterocycles. The van der Waals surface area contributed by atoms with Crippen molar-refractivity contribution in [3.8, 4) is 17.2 Å². The Kier molecular flexibility index (Phi) is 5.33. The average molecular weight is 427 g/mol. The Bertz CT molecular complexity index is 1240. The van der Waals surface area contributed by atoms with Gasteiger partial charge in [0.25, 0.3) is 0 Å². The molecule has 1 N–H and O–H groups in total. The Hall–Kier alpha value is -3.34. The minimum absolute atomic E-state index is 0.521. The summed E-state index contributed by atoms with van der Waals surface area (Å²) in [5.41, 5.74) is 0.0620. The van der Waals surface area contributed by atoms with Gasteiger partial charge in [0.15, 0.2) is 5.75 Å². The molecule has 0 amide bonds. The fraction of sp³-hybridized carbons (Fsp3) is 0.111. The van der Waals surface area contributed by atoms with E-state index in [0.29, 0.717) is 24.5 Å². The average Bonchev–Trinajstić information content (AvgIpc) is 3.19. The maximum atomic E-state index is 11.3. The maximum Gasteiger partial charge on any atom is 0.152 e. The van der Waals surface area contributed by atoms with Gasteiger partial charge in [0, 0.05) is 16.5 Å². The number of hydrogen-bond acceptors (Lipinski definition) is 4. The van der Waals surface area contributed by atoms with Crippen LogP contribution in [0.25, 0.3) is 10.1 Å².